The van der Waals surface area contributed by atoms with Gasteiger partial charge in [0.1, 0.15) is 0 Å². The first-order valence-electron chi connectivity index (χ1n) is 9.56. The molecule has 0 aromatic heterocycles. The Morgan fingerprint density at radius 2 is 1.96 bits per heavy atom. The van der Waals surface area contributed by atoms with Gasteiger partial charge in [-0.2, -0.15) is 0 Å². The number of nitrogens with one attached hydrogen (secondary N) is 2. The third kappa shape index (κ3) is 5.86. The van der Waals surface area contributed by atoms with Crippen LogP contribution in [-0.2, 0) is 0 Å². The maximum Gasteiger partial charge on any atom is 0.195 e. The summed E-state index contributed by atoms with van der Waals surface area (Å²) in [6.07, 6.45) is 0. The maximum absolute atomic E-state index is 5.66. The zero-order chi connectivity index (χ0) is 18.4. The van der Waals surface area contributed by atoms with Gasteiger partial charge in [-0.15, -0.1) is 24.0 Å². The van der Waals surface area contributed by atoms with Crippen LogP contribution in [0.5, 0.6) is 11.5 Å². The summed E-state index contributed by atoms with van der Waals surface area (Å²) >= 11 is 0. The van der Waals surface area contributed by atoms with E-state index in [1.54, 1.807) is 7.11 Å². The monoisotopic (exact) mass is 489 g/mol. The third-order valence-corrected chi connectivity index (χ3v) is 4.92. The Labute approximate surface area is 179 Å². The highest BCUT2D eigenvalue weighted by molar-refractivity contribution is 14.0. The fourth-order valence-corrected chi connectivity index (χ4v) is 3.56. The lowest BCUT2D eigenvalue weighted by Gasteiger charge is -2.47. The molecule has 7 nitrogen and oxygen atoms in total. The minimum absolute atomic E-state index is 0. The second-order valence-electron chi connectivity index (χ2n) is 6.63. The van der Waals surface area contributed by atoms with Crippen LogP contribution in [-0.4, -0.2) is 81.3 Å². The van der Waals surface area contributed by atoms with E-state index in [9.17, 15) is 0 Å². The Morgan fingerprint density at radius 1 is 1.19 bits per heavy atom. The molecule has 1 atom stereocenters. The quantitative estimate of drug-likeness (QED) is 0.348. The van der Waals surface area contributed by atoms with E-state index in [0.717, 1.165) is 42.8 Å². The Kier molecular flexibility index (Phi) is 8.91. The molecule has 0 spiro atoms. The molecule has 3 saturated heterocycles. The summed E-state index contributed by atoms with van der Waals surface area (Å²) in [5, 5.41) is 6.71. The Bertz CT molecular complexity index is 620. The van der Waals surface area contributed by atoms with Crippen molar-refractivity contribution in [2.75, 3.05) is 64.8 Å². The molecule has 1 aromatic rings. The van der Waals surface area contributed by atoms with Gasteiger partial charge in [0.25, 0.3) is 0 Å². The molecule has 0 radical (unpaired) electrons. The highest BCUT2D eigenvalue weighted by atomic mass is 127. The van der Waals surface area contributed by atoms with E-state index in [1.807, 2.05) is 25.1 Å². The van der Waals surface area contributed by atoms with Gasteiger partial charge >= 0.3 is 0 Å². The molecule has 8 heteroatoms. The van der Waals surface area contributed by atoms with Crippen molar-refractivity contribution in [1.29, 1.82) is 0 Å². The average Bonchev–Trinajstić information content (AvgIpc) is 2.68. The summed E-state index contributed by atoms with van der Waals surface area (Å²) in [6, 6.07) is 6.36. The number of aliphatic imine (C=N–C) groups is 1. The lowest BCUT2D eigenvalue weighted by molar-refractivity contribution is 0.0174. The van der Waals surface area contributed by atoms with Crippen molar-refractivity contribution >= 4 is 35.6 Å². The van der Waals surface area contributed by atoms with Crippen LogP contribution in [0.4, 0.5) is 5.69 Å². The van der Waals surface area contributed by atoms with Crippen LogP contribution >= 0.6 is 24.0 Å². The number of ether oxygens (including phenoxy) is 2. The fourth-order valence-electron chi connectivity index (χ4n) is 3.56. The van der Waals surface area contributed by atoms with Crippen molar-refractivity contribution in [2.24, 2.45) is 4.99 Å². The Balaban J connectivity index is 0.00000261. The number of piperazine rings is 3. The number of fused-ring (bicyclic) bond motifs is 3. The SMILES string of the molecule is CCNC(=NCC1CN2CCN1CC2)Nc1ccc(OC)c(OCC)c1.I. The van der Waals surface area contributed by atoms with E-state index >= 15 is 0 Å². The smallest absolute Gasteiger partial charge is 0.195 e. The second-order valence-corrected chi connectivity index (χ2v) is 6.63. The van der Waals surface area contributed by atoms with E-state index in [1.165, 1.54) is 26.2 Å². The van der Waals surface area contributed by atoms with E-state index in [-0.39, 0.29) is 24.0 Å². The van der Waals surface area contributed by atoms with E-state index in [0.29, 0.717) is 12.6 Å². The molecular formula is C19H32IN5O2. The number of nitrogens with zero attached hydrogens (tertiary/aromatic N) is 3. The highest BCUT2D eigenvalue weighted by Gasteiger charge is 2.31. The lowest BCUT2D eigenvalue weighted by Crippen LogP contribution is -2.61. The first-order valence-corrected chi connectivity index (χ1v) is 9.56. The molecule has 27 heavy (non-hydrogen) atoms. The molecular weight excluding hydrogens is 457 g/mol. The summed E-state index contributed by atoms with van der Waals surface area (Å²) in [6.45, 7) is 12.1. The number of hydrogen-bond donors (Lipinski definition) is 2. The van der Waals surface area contributed by atoms with E-state index in [2.05, 4.69) is 27.4 Å². The van der Waals surface area contributed by atoms with Crippen molar-refractivity contribution in [3.63, 3.8) is 0 Å². The summed E-state index contributed by atoms with van der Waals surface area (Å²) in [5.41, 5.74) is 0.933. The second kappa shape index (κ2) is 10.9. The van der Waals surface area contributed by atoms with Gasteiger partial charge in [-0.05, 0) is 26.0 Å². The van der Waals surface area contributed by atoms with E-state index in [4.69, 9.17) is 14.5 Å². The molecule has 0 saturated carbocycles. The first-order chi connectivity index (χ1) is 12.7. The first kappa shape index (κ1) is 22.0. The number of guanidine groups is 1. The average molecular weight is 489 g/mol. The molecule has 2 bridgehead atoms. The van der Waals surface area contributed by atoms with Crippen LogP contribution in [0.15, 0.2) is 23.2 Å². The molecule has 3 aliphatic rings. The molecule has 1 aromatic carbocycles. The molecule has 3 aliphatic heterocycles. The normalized spacial score (nSPS) is 24.1. The number of benzene rings is 1. The van der Waals surface area contributed by atoms with Crippen LogP contribution in [0, 0.1) is 0 Å². The standard InChI is InChI=1S/C19H31N5O2.HI/c1-4-20-19(21-13-16-14-23-8-10-24(16)11-9-23)22-15-6-7-17(25-3)18(12-15)26-5-2;/h6-7,12,16H,4-5,8-11,13-14H2,1-3H3,(H2,20,21,22);1H. The summed E-state index contributed by atoms with van der Waals surface area (Å²) < 4.78 is 11.0. The number of rotatable bonds is 7. The van der Waals surface area contributed by atoms with Gasteiger partial charge in [0.05, 0.1) is 20.3 Å². The molecule has 2 N–H and O–H groups in total. The number of anilines is 1. The van der Waals surface area contributed by atoms with Gasteiger partial charge < -0.3 is 20.1 Å². The van der Waals surface area contributed by atoms with Crippen molar-refractivity contribution in [1.82, 2.24) is 15.1 Å². The topological polar surface area (TPSA) is 61.4 Å². The minimum Gasteiger partial charge on any atom is -0.493 e. The zero-order valence-electron chi connectivity index (χ0n) is 16.5. The van der Waals surface area contributed by atoms with Crippen LogP contribution in [0.1, 0.15) is 13.8 Å². The molecule has 152 valence electrons. The summed E-state index contributed by atoms with van der Waals surface area (Å²) in [7, 11) is 1.65. The maximum atomic E-state index is 5.66. The van der Waals surface area contributed by atoms with Crippen molar-refractivity contribution in [2.45, 2.75) is 19.9 Å². The Hall–Kier alpha value is -1.26. The van der Waals surface area contributed by atoms with Gasteiger partial charge in [0, 0.05) is 57.1 Å². The molecule has 0 aliphatic carbocycles. The van der Waals surface area contributed by atoms with Crippen LogP contribution < -0.4 is 20.1 Å². The number of methoxy groups -OCH3 is 1. The molecule has 1 unspecified atom stereocenters. The van der Waals surface area contributed by atoms with E-state index < -0.39 is 0 Å². The molecule has 3 heterocycles. The third-order valence-electron chi connectivity index (χ3n) is 4.92. The van der Waals surface area contributed by atoms with Crippen LogP contribution in [0.25, 0.3) is 0 Å². The Morgan fingerprint density at radius 3 is 2.56 bits per heavy atom. The fraction of sp³-hybridized carbons (Fsp3) is 0.632. The predicted molar refractivity (Wildman–Crippen MR) is 121 cm³/mol. The predicted octanol–water partition coefficient (Wildman–Crippen LogP) is 2.09. The number of halogens is 1. The molecule has 4 rings (SSSR count). The summed E-state index contributed by atoms with van der Waals surface area (Å²) in [4.78, 5) is 9.93. The van der Waals surface area contributed by atoms with Gasteiger partial charge in [-0.3, -0.25) is 14.8 Å². The molecule has 3 fully saturated rings. The number of hydrogen-bond acceptors (Lipinski definition) is 5. The van der Waals surface area contributed by atoms with Crippen LogP contribution in [0.2, 0.25) is 0 Å². The minimum atomic E-state index is 0. The molecule has 0 amide bonds. The lowest BCUT2D eigenvalue weighted by atomic mass is 10.1. The van der Waals surface area contributed by atoms with Crippen molar-refractivity contribution in [3.05, 3.63) is 18.2 Å². The van der Waals surface area contributed by atoms with Crippen molar-refractivity contribution in [3.8, 4) is 11.5 Å². The van der Waals surface area contributed by atoms with Gasteiger partial charge in [0.15, 0.2) is 17.5 Å². The van der Waals surface area contributed by atoms with Gasteiger partial charge in [-0.25, -0.2) is 0 Å². The van der Waals surface area contributed by atoms with Gasteiger partial charge in [0.2, 0.25) is 0 Å². The van der Waals surface area contributed by atoms with Crippen molar-refractivity contribution < 1.29 is 9.47 Å². The largest absolute Gasteiger partial charge is 0.493 e. The summed E-state index contributed by atoms with van der Waals surface area (Å²) in [5.74, 6) is 2.27. The van der Waals surface area contributed by atoms with Gasteiger partial charge in [-0.1, -0.05) is 0 Å². The van der Waals surface area contributed by atoms with Crippen LogP contribution in [0.3, 0.4) is 0 Å². The highest BCUT2D eigenvalue weighted by Crippen LogP contribution is 2.30. The zero-order valence-corrected chi connectivity index (χ0v) is 18.9.